The van der Waals surface area contributed by atoms with Crippen molar-refractivity contribution in [1.82, 2.24) is 4.98 Å². The SMILES string of the molecule is Cc1ccccc1/C=C/c1cc(Br)ccc1-c1ccccn1. The Labute approximate surface area is 139 Å². The fourth-order valence-electron chi connectivity index (χ4n) is 2.38. The monoisotopic (exact) mass is 349 g/mol. The quantitative estimate of drug-likeness (QED) is 0.529. The van der Waals surface area contributed by atoms with E-state index >= 15 is 0 Å². The molecule has 0 unspecified atom stereocenters. The van der Waals surface area contributed by atoms with E-state index in [-0.39, 0.29) is 0 Å². The molecule has 1 nitrogen and oxygen atoms in total. The Bertz CT molecular complexity index is 807. The van der Waals surface area contributed by atoms with Crippen molar-refractivity contribution in [3.8, 4) is 11.3 Å². The van der Waals surface area contributed by atoms with Crippen LogP contribution in [0.25, 0.3) is 23.4 Å². The molecule has 22 heavy (non-hydrogen) atoms. The first-order valence-electron chi connectivity index (χ1n) is 7.19. The van der Waals surface area contributed by atoms with E-state index in [2.05, 4.69) is 82.5 Å². The predicted octanol–water partition coefficient (Wildman–Crippen LogP) is 5.99. The van der Waals surface area contributed by atoms with Crippen molar-refractivity contribution in [2.75, 3.05) is 0 Å². The maximum absolute atomic E-state index is 4.46. The number of halogens is 1. The first-order chi connectivity index (χ1) is 10.7. The van der Waals surface area contributed by atoms with Gasteiger partial charge in [0.15, 0.2) is 0 Å². The van der Waals surface area contributed by atoms with E-state index in [1.165, 1.54) is 11.1 Å². The van der Waals surface area contributed by atoms with Crippen LogP contribution in [0.5, 0.6) is 0 Å². The molecule has 0 amide bonds. The number of aryl methyl sites for hydroxylation is 1. The Kier molecular flexibility index (Phi) is 4.50. The molecule has 2 heteroatoms. The van der Waals surface area contributed by atoms with E-state index in [1.54, 1.807) is 0 Å². The number of benzene rings is 2. The Morgan fingerprint density at radius 2 is 1.64 bits per heavy atom. The lowest BCUT2D eigenvalue weighted by Crippen LogP contribution is -1.87. The summed E-state index contributed by atoms with van der Waals surface area (Å²) in [4.78, 5) is 4.46. The van der Waals surface area contributed by atoms with Gasteiger partial charge in [0.1, 0.15) is 0 Å². The van der Waals surface area contributed by atoms with Crippen molar-refractivity contribution < 1.29 is 0 Å². The van der Waals surface area contributed by atoms with Crippen LogP contribution in [-0.2, 0) is 0 Å². The van der Waals surface area contributed by atoms with Crippen molar-refractivity contribution in [2.45, 2.75) is 6.92 Å². The van der Waals surface area contributed by atoms with Gasteiger partial charge in [-0.2, -0.15) is 0 Å². The predicted molar refractivity (Wildman–Crippen MR) is 97.5 cm³/mol. The smallest absolute Gasteiger partial charge is 0.0707 e. The third-order valence-electron chi connectivity index (χ3n) is 3.59. The summed E-state index contributed by atoms with van der Waals surface area (Å²) in [6.45, 7) is 2.13. The van der Waals surface area contributed by atoms with Crippen LogP contribution < -0.4 is 0 Å². The van der Waals surface area contributed by atoms with Gasteiger partial charge in [-0.15, -0.1) is 0 Å². The van der Waals surface area contributed by atoms with E-state index < -0.39 is 0 Å². The molecule has 2 aromatic carbocycles. The Morgan fingerprint density at radius 1 is 0.864 bits per heavy atom. The number of nitrogens with zero attached hydrogens (tertiary/aromatic N) is 1. The van der Waals surface area contributed by atoms with E-state index in [4.69, 9.17) is 0 Å². The lowest BCUT2D eigenvalue weighted by molar-refractivity contribution is 1.32. The molecule has 0 aliphatic carbocycles. The fourth-order valence-corrected chi connectivity index (χ4v) is 2.76. The minimum Gasteiger partial charge on any atom is -0.256 e. The van der Waals surface area contributed by atoms with Gasteiger partial charge in [0.2, 0.25) is 0 Å². The Morgan fingerprint density at radius 3 is 2.41 bits per heavy atom. The van der Waals surface area contributed by atoms with Gasteiger partial charge in [0.05, 0.1) is 5.69 Å². The van der Waals surface area contributed by atoms with Crippen molar-refractivity contribution in [2.24, 2.45) is 0 Å². The summed E-state index contributed by atoms with van der Waals surface area (Å²) >= 11 is 3.56. The van der Waals surface area contributed by atoms with Gasteiger partial charge < -0.3 is 0 Å². The Hall–Kier alpha value is -2.19. The van der Waals surface area contributed by atoms with E-state index in [0.717, 1.165) is 21.3 Å². The zero-order valence-corrected chi connectivity index (χ0v) is 13.9. The zero-order valence-electron chi connectivity index (χ0n) is 12.3. The molecule has 0 aliphatic heterocycles. The van der Waals surface area contributed by atoms with Gasteiger partial charge >= 0.3 is 0 Å². The largest absolute Gasteiger partial charge is 0.256 e. The molecular weight excluding hydrogens is 334 g/mol. The summed E-state index contributed by atoms with van der Waals surface area (Å²) in [6, 6.07) is 20.6. The molecule has 0 bridgehead atoms. The molecule has 0 saturated heterocycles. The molecule has 0 N–H and O–H groups in total. The summed E-state index contributed by atoms with van der Waals surface area (Å²) in [5.41, 5.74) is 5.77. The summed E-state index contributed by atoms with van der Waals surface area (Å²) in [5.74, 6) is 0. The lowest BCUT2D eigenvalue weighted by Gasteiger charge is -2.07. The van der Waals surface area contributed by atoms with Gasteiger partial charge in [0, 0.05) is 16.2 Å². The number of rotatable bonds is 3. The second kappa shape index (κ2) is 6.71. The minimum absolute atomic E-state index is 0.986. The van der Waals surface area contributed by atoms with Crippen LogP contribution in [0.2, 0.25) is 0 Å². The Balaban J connectivity index is 2.03. The standard InChI is InChI=1S/C20H16BrN/c1-15-6-2-3-7-16(15)9-10-17-14-18(21)11-12-19(17)20-8-4-5-13-22-20/h2-14H,1H3/b10-9+. The molecular formula is C20H16BrN. The molecule has 0 aliphatic rings. The highest BCUT2D eigenvalue weighted by atomic mass is 79.9. The molecule has 3 aromatic rings. The summed E-state index contributed by atoms with van der Waals surface area (Å²) in [6.07, 6.45) is 6.13. The molecule has 0 atom stereocenters. The third kappa shape index (κ3) is 3.34. The van der Waals surface area contributed by atoms with Crippen LogP contribution in [-0.4, -0.2) is 4.98 Å². The van der Waals surface area contributed by atoms with Gasteiger partial charge in [-0.25, -0.2) is 0 Å². The average molecular weight is 350 g/mol. The van der Waals surface area contributed by atoms with Crippen LogP contribution in [0.3, 0.4) is 0 Å². The zero-order chi connectivity index (χ0) is 15.4. The first-order valence-corrected chi connectivity index (χ1v) is 7.98. The number of pyridine rings is 1. The van der Waals surface area contributed by atoms with Gasteiger partial charge in [-0.05, 0) is 47.9 Å². The molecule has 0 spiro atoms. The molecule has 0 fully saturated rings. The molecule has 0 saturated carbocycles. The van der Waals surface area contributed by atoms with Gasteiger partial charge in [-0.1, -0.05) is 64.5 Å². The van der Waals surface area contributed by atoms with Crippen molar-refractivity contribution in [1.29, 1.82) is 0 Å². The highest BCUT2D eigenvalue weighted by Crippen LogP contribution is 2.27. The molecule has 1 aromatic heterocycles. The summed E-state index contributed by atoms with van der Waals surface area (Å²) in [7, 11) is 0. The third-order valence-corrected chi connectivity index (χ3v) is 4.08. The number of hydrogen-bond acceptors (Lipinski definition) is 1. The fraction of sp³-hybridized carbons (Fsp3) is 0.0500. The van der Waals surface area contributed by atoms with E-state index in [0.29, 0.717) is 0 Å². The van der Waals surface area contributed by atoms with E-state index in [9.17, 15) is 0 Å². The van der Waals surface area contributed by atoms with Gasteiger partial charge in [0.25, 0.3) is 0 Å². The van der Waals surface area contributed by atoms with Crippen molar-refractivity contribution in [3.63, 3.8) is 0 Å². The minimum atomic E-state index is 0.986. The number of aromatic nitrogens is 1. The van der Waals surface area contributed by atoms with Crippen LogP contribution in [0, 0.1) is 6.92 Å². The average Bonchev–Trinajstić information content (AvgIpc) is 2.55. The molecule has 0 radical (unpaired) electrons. The lowest BCUT2D eigenvalue weighted by atomic mass is 10.0. The maximum Gasteiger partial charge on any atom is 0.0707 e. The normalized spacial score (nSPS) is 11.0. The van der Waals surface area contributed by atoms with Crippen LogP contribution >= 0.6 is 15.9 Å². The van der Waals surface area contributed by atoms with Crippen molar-refractivity contribution in [3.05, 3.63) is 88.0 Å². The highest BCUT2D eigenvalue weighted by Gasteiger charge is 2.04. The first kappa shape index (κ1) is 14.7. The van der Waals surface area contributed by atoms with Gasteiger partial charge in [-0.3, -0.25) is 4.98 Å². The van der Waals surface area contributed by atoms with E-state index in [1.807, 2.05) is 24.4 Å². The maximum atomic E-state index is 4.46. The van der Waals surface area contributed by atoms with Crippen LogP contribution in [0.1, 0.15) is 16.7 Å². The number of hydrogen-bond donors (Lipinski definition) is 0. The second-order valence-electron chi connectivity index (χ2n) is 5.14. The molecule has 3 rings (SSSR count). The van der Waals surface area contributed by atoms with Crippen LogP contribution in [0.4, 0.5) is 0 Å². The molecule has 108 valence electrons. The van der Waals surface area contributed by atoms with Crippen molar-refractivity contribution >= 4 is 28.1 Å². The second-order valence-corrected chi connectivity index (χ2v) is 6.05. The highest BCUT2D eigenvalue weighted by molar-refractivity contribution is 9.10. The summed E-state index contributed by atoms with van der Waals surface area (Å²) in [5, 5.41) is 0. The topological polar surface area (TPSA) is 12.9 Å². The van der Waals surface area contributed by atoms with Crippen LogP contribution in [0.15, 0.2) is 71.3 Å². The molecule has 1 heterocycles. The summed E-state index contributed by atoms with van der Waals surface area (Å²) < 4.78 is 1.07.